The van der Waals surface area contributed by atoms with Gasteiger partial charge in [-0.05, 0) is 75.8 Å². The van der Waals surface area contributed by atoms with Gasteiger partial charge in [0.25, 0.3) is 5.91 Å². The summed E-state index contributed by atoms with van der Waals surface area (Å²) < 4.78 is 2.02. The van der Waals surface area contributed by atoms with Crippen molar-refractivity contribution in [3.63, 3.8) is 0 Å². The van der Waals surface area contributed by atoms with Crippen LogP contribution in [0.4, 0.5) is 0 Å². The molecular weight excluding hydrogens is 324 g/mol. The summed E-state index contributed by atoms with van der Waals surface area (Å²) in [5.41, 5.74) is 5.53. The lowest BCUT2D eigenvalue weighted by molar-refractivity contribution is 0.0954. The summed E-state index contributed by atoms with van der Waals surface area (Å²) in [6.07, 6.45) is 3.21. The summed E-state index contributed by atoms with van der Waals surface area (Å²) in [6.45, 7) is 9.85. The molecule has 0 unspecified atom stereocenters. The average molecular weight is 354 g/mol. The molecule has 0 bridgehead atoms. The predicted molar refractivity (Wildman–Crippen MR) is 105 cm³/mol. The number of aromatic nitrogens is 2. The van der Waals surface area contributed by atoms with Crippen LogP contribution in [0.15, 0.2) is 24.3 Å². The molecule has 1 amide bonds. The second-order valence-electron chi connectivity index (χ2n) is 7.14. The molecule has 3 rings (SSSR count). The monoisotopic (exact) mass is 354 g/mol. The lowest BCUT2D eigenvalue weighted by Crippen LogP contribution is -2.29. The zero-order valence-corrected chi connectivity index (χ0v) is 16.1. The van der Waals surface area contributed by atoms with E-state index in [2.05, 4.69) is 41.7 Å². The summed E-state index contributed by atoms with van der Waals surface area (Å²) in [6, 6.07) is 8.10. The van der Waals surface area contributed by atoms with Gasteiger partial charge in [0.15, 0.2) is 0 Å². The van der Waals surface area contributed by atoms with E-state index in [0.717, 1.165) is 37.3 Å². The van der Waals surface area contributed by atoms with Gasteiger partial charge in [-0.3, -0.25) is 9.48 Å². The van der Waals surface area contributed by atoms with Gasteiger partial charge in [0, 0.05) is 30.9 Å². The summed E-state index contributed by atoms with van der Waals surface area (Å²) in [4.78, 5) is 12.6. The number of hydrogen-bond donors (Lipinski definition) is 2. The minimum atomic E-state index is 0.00816. The number of benzene rings is 1. The minimum Gasteiger partial charge on any atom is -0.352 e. The van der Waals surface area contributed by atoms with Crippen molar-refractivity contribution in [3.8, 4) is 0 Å². The fourth-order valence-corrected chi connectivity index (χ4v) is 3.88. The minimum absolute atomic E-state index is 0.00816. The van der Waals surface area contributed by atoms with Crippen molar-refractivity contribution in [2.24, 2.45) is 0 Å². The number of carbonyl (C=O) groups excluding carboxylic acids is 1. The molecule has 2 aromatic rings. The van der Waals surface area contributed by atoms with Crippen molar-refractivity contribution in [2.45, 2.75) is 52.5 Å². The van der Waals surface area contributed by atoms with Crippen LogP contribution in [0.5, 0.6) is 0 Å². The largest absolute Gasteiger partial charge is 0.352 e. The van der Waals surface area contributed by atoms with Crippen LogP contribution in [0, 0.1) is 13.8 Å². The molecule has 0 radical (unpaired) electrons. The van der Waals surface area contributed by atoms with Gasteiger partial charge in [-0.25, -0.2) is 0 Å². The molecule has 140 valence electrons. The maximum Gasteiger partial charge on any atom is 0.251 e. The van der Waals surface area contributed by atoms with E-state index in [1.54, 1.807) is 0 Å². The molecule has 1 aromatic heterocycles. The smallest absolute Gasteiger partial charge is 0.251 e. The van der Waals surface area contributed by atoms with E-state index < -0.39 is 0 Å². The highest BCUT2D eigenvalue weighted by Gasteiger charge is 2.17. The molecule has 1 aliphatic rings. The molecule has 1 aliphatic heterocycles. The van der Waals surface area contributed by atoms with Crippen molar-refractivity contribution < 1.29 is 4.79 Å². The molecule has 1 aromatic carbocycles. The summed E-state index contributed by atoms with van der Waals surface area (Å²) in [5.74, 6) is 0.524. The number of carbonyl (C=O) groups is 1. The van der Waals surface area contributed by atoms with Gasteiger partial charge in [-0.1, -0.05) is 12.1 Å². The van der Waals surface area contributed by atoms with Crippen LogP contribution < -0.4 is 10.6 Å². The van der Waals surface area contributed by atoms with E-state index in [0.29, 0.717) is 12.5 Å². The Morgan fingerprint density at radius 3 is 2.92 bits per heavy atom. The molecule has 1 saturated heterocycles. The van der Waals surface area contributed by atoms with E-state index >= 15 is 0 Å². The Morgan fingerprint density at radius 1 is 1.38 bits per heavy atom. The zero-order valence-electron chi connectivity index (χ0n) is 16.1. The van der Waals surface area contributed by atoms with Crippen LogP contribution in [0.2, 0.25) is 0 Å². The first kappa shape index (κ1) is 18.6. The highest BCUT2D eigenvalue weighted by atomic mass is 16.1. The Morgan fingerprint density at radius 2 is 2.23 bits per heavy atom. The molecule has 2 N–H and O–H groups in total. The van der Waals surface area contributed by atoms with Crippen molar-refractivity contribution in [2.75, 3.05) is 19.6 Å². The highest BCUT2D eigenvalue weighted by Crippen LogP contribution is 2.23. The second-order valence-corrected chi connectivity index (χ2v) is 7.14. The van der Waals surface area contributed by atoms with Gasteiger partial charge in [0.05, 0.1) is 5.69 Å². The lowest BCUT2D eigenvalue weighted by Gasteiger charge is -2.23. The molecule has 2 heterocycles. The SMILES string of the molecule is CCn1nc(C)c(CCNC(=O)c2cccc([C@@H]3CCCNC3)c2)c1C. The van der Waals surface area contributed by atoms with Crippen LogP contribution in [0.1, 0.15) is 58.6 Å². The van der Waals surface area contributed by atoms with E-state index in [1.165, 1.54) is 29.7 Å². The summed E-state index contributed by atoms with van der Waals surface area (Å²) in [7, 11) is 0. The standard InChI is InChI=1S/C21H30N4O/c1-4-25-16(3)20(15(2)24-25)10-12-23-21(26)18-8-5-7-17(13-18)19-9-6-11-22-14-19/h5,7-8,13,19,22H,4,6,9-12,14H2,1-3H3,(H,23,26)/t19-/m1/s1. The van der Waals surface area contributed by atoms with Gasteiger partial charge >= 0.3 is 0 Å². The third-order valence-electron chi connectivity index (χ3n) is 5.41. The molecule has 0 spiro atoms. The Labute approximate surface area is 156 Å². The van der Waals surface area contributed by atoms with Crippen molar-refractivity contribution in [1.29, 1.82) is 0 Å². The molecule has 0 saturated carbocycles. The van der Waals surface area contributed by atoms with Crippen LogP contribution in [-0.2, 0) is 13.0 Å². The number of amides is 1. The lowest BCUT2D eigenvalue weighted by atomic mass is 9.90. The first-order valence-electron chi connectivity index (χ1n) is 9.72. The predicted octanol–water partition coefficient (Wildman–Crippen LogP) is 2.96. The Kier molecular flexibility index (Phi) is 6.09. The first-order chi connectivity index (χ1) is 12.6. The molecular formula is C21H30N4O. The number of aryl methyl sites for hydroxylation is 2. The fraction of sp³-hybridized carbons (Fsp3) is 0.524. The topological polar surface area (TPSA) is 59.0 Å². The van der Waals surface area contributed by atoms with E-state index in [4.69, 9.17) is 0 Å². The third kappa shape index (κ3) is 4.15. The van der Waals surface area contributed by atoms with Crippen LogP contribution in [0.25, 0.3) is 0 Å². The number of rotatable bonds is 6. The molecule has 26 heavy (non-hydrogen) atoms. The van der Waals surface area contributed by atoms with Crippen molar-refractivity contribution in [1.82, 2.24) is 20.4 Å². The molecule has 5 heteroatoms. The van der Waals surface area contributed by atoms with Gasteiger partial charge < -0.3 is 10.6 Å². The molecule has 1 fully saturated rings. The quantitative estimate of drug-likeness (QED) is 0.838. The Hall–Kier alpha value is -2.14. The number of nitrogens with zero attached hydrogens (tertiary/aromatic N) is 2. The summed E-state index contributed by atoms with van der Waals surface area (Å²) in [5, 5.41) is 11.1. The average Bonchev–Trinajstić information content (AvgIpc) is 2.96. The maximum atomic E-state index is 12.6. The van der Waals surface area contributed by atoms with Crippen LogP contribution in [-0.4, -0.2) is 35.3 Å². The number of piperidine rings is 1. The number of hydrogen-bond acceptors (Lipinski definition) is 3. The molecule has 5 nitrogen and oxygen atoms in total. The Bertz CT molecular complexity index is 759. The van der Waals surface area contributed by atoms with Gasteiger partial charge in [0.1, 0.15) is 0 Å². The molecule has 0 aliphatic carbocycles. The fourth-order valence-electron chi connectivity index (χ4n) is 3.88. The first-order valence-corrected chi connectivity index (χ1v) is 9.72. The van der Waals surface area contributed by atoms with Gasteiger partial charge in [0.2, 0.25) is 0 Å². The van der Waals surface area contributed by atoms with Gasteiger partial charge in [-0.15, -0.1) is 0 Å². The third-order valence-corrected chi connectivity index (χ3v) is 5.41. The highest BCUT2D eigenvalue weighted by molar-refractivity contribution is 5.94. The van der Waals surface area contributed by atoms with Crippen molar-refractivity contribution >= 4 is 5.91 Å². The van der Waals surface area contributed by atoms with Crippen LogP contribution in [0.3, 0.4) is 0 Å². The normalized spacial score (nSPS) is 17.3. The van der Waals surface area contributed by atoms with Crippen LogP contribution >= 0.6 is 0 Å². The van der Waals surface area contributed by atoms with Gasteiger partial charge in [-0.2, -0.15) is 5.10 Å². The maximum absolute atomic E-state index is 12.6. The van der Waals surface area contributed by atoms with E-state index in [-0.39, 0.29) is 5.91 Å². The van der Waals surface area contributed by atoms with Crippen molar-refractivity contribution in [3.05, 3.63) is 52.3 Å². The zero-order chi connectivity index (χ0) is 18.5. The number of nitrogens with one attached hydrogen (secondary N) is 2. The Balaban J connectivity index is 1.59. The van der Waals surface area contributed by atoms with E-state index in [1.807, 2.05) is 23.7 Å². The molecule has 1 atom stereocenters. The summed E-state index contributed by atoms with van der Waals surface area (Å²) >= 11 is 0. The van der Waals surface area contributed by atoms with E-state index in [9.17, 15) is 4.79 Å². The second kappa shape index (κ2) is 8.49.